The third kappa shape index (κ3) is 5.58. The van der Waals surface area contributed by atoms with E-state index in [1.165, 1.54) is 4.90 Å². The number of carbonyl (C=O) groups excluding carboxylic acids is 1. The molecule has 0 heterocycles. The van der Waals surface area contributed by atoms with Crippen LogP contribution < -0.4 is 5.32 Å². The summed E-state index contributed by atoms with van der Waals surface area (Å²) in [5.74, 6) is 1.03. The van der Waals surface area contributed by atoms with E-state index in [-0.39, 0.29) is 18.6 Å². The molecule has 0 saturated carbocycles. The number of rotatable bonds is 7. The van der Waals surface area contributed by atoms with Crippen LogP contribution >= 0.6 is 0 Å². The Labute approximate surface area is 109 Å². The van der Waals surface area contributed by atoms with E-state index < -0.39 is 11.9 Å². The van der Waals surface area contributed by atoms with Gasteiger partial charge in [-0.25, -0.2) is 4.79 Å². The number of terminal acetylenes is 1. The Hall–Kier alpha value is -1.70. The average molecular weight is 254 g/mol. The number of urea groups is 1. The summed E-state index contributed by atoms with van der Waals surface area (Å²) in [4.78, 5) is 24.2. The molecule has 0 saturated heterocycles. The third-order valence-electron chi connectivity index (χ3n) is 2.77. The van der Waals surface area contributed by atoms with Gasteiger partial charge < -0.3 is 15.3 Å². The second-order valence-corrected chi connectivity index (χ2v) is 4.24. The summed E-state index contributed by atoms with van der Waals surface area (Å²) in [6, 6.07) is -0.315. The molecule has 0 fully saturated rings. The molecule has 2 N–H and O–H groups in total. The van der Waals surface area contributed by atoms with Crippen LogP contribution in [0.25, 0.3) is 0 Å². The van der Waals surface area contributed by atoms with E-state index in [1.807, 2.05) is 13.8 Å². The molecule has 0 aliphatic rings. The monoisotopic (exact) mass is 254 g/mol. The molecule has 5 heteroatoms. The molecule has 0 spiro atoms. The molecular formula is C13H22N2O3. The standard InChI is InChI=1S/C13H22N2O3/c1-5-8-11(6-2)14-13(18)15(7-3)9-10(4)12(16)17/h1,10-11H,6-9H2,2-4H3,(H,14,18)(H,16,17). The normalized spacial score (nSPS) is 13.2. The first kappa shape index (κ1) is 16.3. The summed E-state index contributed by atoms with van der Waals surface area (Å²) in [7, 11) is 0. The van der Waals surface area contributed by atoms with Gasteiger partial charge in [-0.15, -0.1) is 12.3 Å². The predicted molar refractivity (Wildman–Crippen MR) is 70.1 cm³/mol. The maximum absolute atomic E-state index is 11.9. The number of carboxylic acid groups (broad SMARTS) is 1. The molecule has 2 unspecified atom stereocenters. The molecule has 0 aliphatic carbocycles. The number of carbonyl (C=O) groups is 2. The van der Waals surface area contributed by atoms with E-state index in [0.29, 0.717) is 13.0 Å². The van der Waals surface area contributed by atoms with Crippen molar-refractivity contribution in [3.63, 3.8) is 0 Å². The van der Waals surface area contributed by atoms with Crippen molar-refractivity contribution in [1.29, 1.82) is 0 Å². The van der Waals surface area contributed by atoms with Gasteiger partial charge in [0, 0.05) is 25.6 Å². The van der Waals surface area contributed by atoms with Crippen LogP contribution in [0, 0.1) is 18.3 Å². The van der Waals surface area contributed by atoms with Gasteiger partial charge in [0.25, 0.3) is 0 Å². The third-order valence-corrected chi connectivity index (χ3v) is 2.77. The predicted octanol–water partition coefficient (Wildman–Crippen LogP) is 1.54. The molecular weight excluding hydrogens is 232 g/mol. The summed E-state index contributed by atoms with van der Waals surface area (Å²) in [5.41, 5.74) is 0. The quantitative estimate of drug-likeness (QED) is 0.677. The van der Waals surface area contributed by atoms with Crippen LogP contribution in [-0.4, -0.2) is 41.1 Å². The fraction of sp³-hybridized carbons (Fsp3) is 0.692. The lowest BCUT2D eigenvalue weighted by molar-refractivity contribution is -0.141. The first-order valence-corrected chi connectivity index (χ1v) is 6.17. The first-order chi connectivity index (χ1) is 8.46. The molecule has 2 atom stereocenters. The van der Waals surface area contributed by atoms with Crippen molar-refractivity contribution < 1.29 is 14.7 Å². The van der Waals surface area contributed by atoms with E-state index in [4.69, 9.17) is 11.5 Å². The highest BCUT2D eigenvalue weighted by atomic mass is 16.4. The molecule has 0 aromatic carbocycles. The number of nitrogens with zero attached hydrogens (tertiary/aromatic N) is 1. The molecule has 2 amide bonds. The fourth-order valence-corrected chi connectivity index (χ4v) is 1.47. The second kappa shape index (κ2) is 8.40. The van der Waals surface area contributed by atoms with Gasteiger partial charge in [0.2, 0.25) is 0 Å². The van der Waals surface area contributed by atoms with E-state index in [0.717, 1.165) is 6.42 Å². The number of aliphatic carboxylic acids is 1. The van der Waals surface area contributed by atoms with Gasteiger partial charge in [-0.3, -0.25) is 4.79 Å². The van der Waals surface area contributed by atoms with E-state index in [2.05, 4.69) is 11.2 Å². The highest BCUT2D eigenvalue weighted by Gasteiger charge is 2.20. The summed E-state index contributed by atoms with van der Waals surface area (Å²) in [6.45, 7) is 6.01. The van der Waals surface area contributed by atoms with E-state index >= 15 is 0 Å². The van der Waals surface area contributed by atoms with Crippen LogP contribution in [0.4, 0.5) is 4.79 Å². The maximum Gasteiger partial charge on any atom is 0.317 e. The Balaban J connectivity index is 4.43. The van der Waals surface area contributed by atoms with Crippen molar-refractivity contribution in [2.75, 3.05) is 13.1 Å². The molecule has 18 heavy (non-hydrogen) atoms. The number of nitrogens with one attached hydrogen (secondary N) is 1. The van der Waals surface area contributed by atoms with Crippen molar-refractivity contribution >= 4 is 12.0 Å². The van der Waals surface area contributed by atoms with Crippen molar-refractivity contribution in [3.05, 3.63) is 0 Å². The number of carboxylic acids is 1. The molecule has 0 aromatic heterocycles. The molecule has 0 radical (unpaired) electrons. The van der Waals surface area contributed by atoms with Gasteiger partial charge in [0.15, 0.2) is 0 Å². The Morgan fingerprint density at radius 1 is 1.44 bits per heavy atom. The van der Waals surface area contributed by atoms with Gasteiger partial charge in [0.05, 0.1) is 5.92 Å². The second-order valence-electron chi connectivity index (χ2n) is 4.24. The van der Waals surface area contributed by atoms with Crippen molar-refractivity contribution in [2.24, 2.45) is 5.92 Å². The molecule has 0 aromatic rings. The zero-order chi connectivity index (χ0) is 14.1. The van der Waals surface area contributed by atoms with Crippen molar-refractivity contribution in [3.8, 4) is 12.3 Å². The SMILES string of the molecule is C#CCC(CC)NC(=O)N(CC)CC(C)C(=O)O. The van der Waals surface area contributed by atoms with Gasteiger partial charge in [-0.1, -0.05) is 13.8 Å². The minimum absolute atomic E-state index is 0.0586. The van der Waals surface area contributed by atoms with Crippen molar-refractivity contribution in [2.45, 2.75) is 39.7 Å². The molecule has 0 aliphatic heterocycles. The Morgan fingerprint density at radius 2 is 2.06 bits per heavy atom. The van der Waals surface area contributed by atoms with E-state index in [1.54, 1.807) is 6.92 Å². The van der Waals surface area contributed by atoms with Gasteiger partial charge in [-0.2, -0.15) is 0 Å². The van der Waals surface area contributed by atoms with E-state index in [9.17, 15) is 9.59 Å². The summed E-state index contributed by atoms with van der Waals surface area (Å²) >= 11 is 0. The van der Waals surface area contributed by atoms with Crippen LogP contribution in [0.5, 0.6) is 0 Å². The van der Waals surface area contributed by atoms with Gasteiger partial charge in [0.1, 0.15) is 0 Å². The molecule has 0 rings (SSSR count). The van der Waals surface area contributed by atoms with Crippen LogP contribution in [0.2, 0.25) is 0 Å². The van der Waals surface area contributed by atoms with Crippen molar-refractivity contribution in [1.82, 2.24) is 10.2 Å². The average Bonchev–Trinajstić information content (AvgIpc) is 2.34. The lowest BCUT2D eigenvalue weighted by Gasteiger charge is -2.25. The van der Waals surface area contributed by atoms with Crippen LogP contribution in [0.1, 0.15) is 33.6 Å². The minimum Gasteiger partial charge on any atom is -0.481 e. The Bertz CT molecular complexity index is 323. The fourth-order valence-electron chi connectivity index (χ4n) is 1.47. The van der Waals surface area contributed by atoms with Gasteiger partial charge >= 0.3 is 12.0 Å². The summed E-state index contributed by atoms with van der Waals surface area (Å²) < 4.78 is 0. The lowest BCUT2D eigenvalue weighted by Crippen LogP contribution is -2.46. The summed E-state index contributed by atoms with van der Waals surface area (Å²) in [5, 5.41) is 11.7. The zero-order valence-electron chi connectivity index (χ0n) is 11.3. The number of hydrogen-bond donors (Lipinski definition) is 2. The molecule has 102 valence electrons. The van der Waals surface area contributed by atoms with Crippen LogP contribution in [0.15, 0.2) is 0 Å². The van der Waals surface area contributed by atoms with Gasteiger partial charge in [-0.05, 0) is 13.3 Å². The zero-order valence-corrected chi connectivity index (χ0v) is 11.3. The number of hydrogen-bond acceptors (Lipinski definition) is 2. The van der Waals surface area contributed by atoms with Crippen LogP contribution in [-0.2, 0) is 4.79 Å². The first-order valence-electron chi connectivity index (χ1n) is 6.17. The maximum atomic E-state index is 11.9. The largest absolute Gasteiger partial charge is 0.481 e. The minimum atomic E-state index is -0.906. The highest BCUT2D eigenvalue weighted by molar-refractivity contribution is 5.76. The Kier molecular flexibility index (Phi) is 7.61. The topological polar surface area (TPSA) is 69.6 Å². The van der Waals surface area contributed by atoms with Crippen LogP contribution in [0.3, 0.4) is 0 Å². The number of amides is 2. The smallest absolute Gasteiger partial charge is 0.317 e. The Morgan fingerprint density at radius 3 is 2.44 bits per heavy atom. The lowest BCUT2D eigenvalue weighted by atomic mass is 10.1. The molecule has 5 nitrogen and oxygen atoms in total. The summed E-state index contributed by atoms with van der Waals surface area (Å²) in [6.07, 6.45) is 6.45. The highest BCUT2D eigenvalue weighted by Crippen LogP contribution is 2.03. The molecule has 0 bridgehead atoms.